The zero-order valence-corrected chi connectivity index (χ0v) is 11.1. The maximum Gasteiger partial charge on any atom is 0.256 e. The molecule has 0 bridgehead atoms. The highest BCUT2D eigenvalue weighted by Gasteiger charge is 2.29. The van der Waals surface area contributed by atoms with Gasteiger partial charge >= 0.3 is 0 Å². The number of ether oxygens (including phenoxy) is 1. The molecular weight excluding hydrogens is 254 g/mol. The summed E-state index contributed by atoms with van der Waals surface area (Å²) >= 11 is 0. The zero-order chi connectivity index (χ0) is 13.0. The summed E-state index contributed by atoms with van der Waals surface area (Å²) in [6, 6.07) is 0. The lowest BCUT2D eigenvalue weighted by Crippen LogP contribution is -2.29. The van der Waals surface area contributed by atoms with Crippen LogP contribution in [-0.4, -0.2) is 36.0 Å². The molecule has 1 aliphatic rings. The van der Waals surface area contributed by atoms with Crippen molar-refractivity contribution >= 4 is 10.0 Å². The quantitative estimate of drug-likeness (QED) is 0.854. The van der Waals surface area contributed by atoms with Gasteiger partial charge in [0.1, 0.15) is 6.61 Å². The fraction of sp³-hybridized carbons (Fsp3) is 0.727. The van der Waals surface area contributed by atoms with Crippen molar-refractivity contribution < 1.29 is 13.2 Å². The van der Waals surface area contributed by atoms with Crippen molar-refractivity contribution in [3.63, 3.8) is 0 Å². The van der Waals surface area contributed by atoms with Gasteiger partial charge in [0.2, 0.25) is 0 Å². The van der Waals surface area contributed by atoms with Crippen LogP contribution in [0, 0.1) is 0 Å². The normalized spacial score (nSPS) is 17.8. The zero-order valence-electron chi connectivity index (χ0n) is 10.3. The molecular formula is C11H19N3O3S. The number of hydrogen-bond acceptors (Lipinski definition) is 5. The second-order valence-electron chi connectivity index (χ2n) is 4.49. The van der Waals surface area contributed by atoms with Crippen molar-refractivity contribution in [1.82, 2.24) is 9.19 Å². The van der Waals surface area contributed by atoms with E-state index in [1.54, 1.807) is 0 Å². The van der Waals surface area contributed by atoms with Gasteiger partial charge in [-0.1, -0.05) is 19.3 Å². The van der Waals surface area contributed by atoms with Crippen LogP contribution in [-0.2, 0) is 10.0 Å². The molecule has 0 aromatic carbocycles. The molecule has 0 spiro atoms. The van der Waals surface area contributed by atoms with E-state index in [1.165, 1.54) is 12.4 Å². The van der Waals surface area contributed by atoms with Crippen molar-refractivity contribution in [3.05, 3.63) is 12.4 Å². The molecule has 18 heavy (non-hydrogen) atoms. The third kappa shape index (κ3) is 2.84. The second-order valence-corrected chi connectivity index (χ2v) is 6.56. The van der Waals surface area contributed by atoms with E-state index in [2.05, 4.69) is 5.10 Å². The summed E-state index contributed by atoms with van der Waals surface area (Å²) in [5.74, 6) is 0.444. The van der Waals surface area contributed by atoms with Gasteiger partial charge < -0.3 is 10.5 Å². The number of hydrogen-bond donors (Lipinski definition) is 1. The predicted molar refractivity (Wildman–Crippen MR) is 68.0 cm³/mol. The maximum atomic E-state index is 12.3. The van der Waals surface area contributed by atoms with Gasteiger partial charge in [-0.25, -0.2) is 8.42 Å². The summed E-state index contributed by atoms with van der Waals surface area (Å²) in [6.45, 7) is 0.746. The molecule has 1 fully saturated rings. The third-order valence-corrected chi connectivity index (χ3v) is 5.19. The smallest absolute Gasteiger partial charge is 0.256 e. The van der Waals surface area contributed by atoms with Crippen molar-refractivity contribution in [2.75, 3.05) is 13.2 Å². The van der Waals surface area contributed by atoms with Crippen molar-refractivity contribution in [2.45, 2.75) is 37.4 Å². The van der Waals surface area contributed by atoms with Crippen LogP contribution in [0.2, 0.25) is 0 Å². The molecule has 2 rings (SSSR count). The lowest BCUT2D eigenvalue weighted by Gasteiger charge is -2.21. The third-order valence-electron chi connectivity index (χ3n) is 3.16. The van der Waals surface area contributed by atoms with Gasteiger partial charge in [0.25, 0.3) is 10.0 Å². The SMILES string of the molecule is NCCOc1cnn(S(=O)(=O)C2CCCCC2)c1. The first-order chi connectivity index (χ1) is 8.64. The number of aromatic nitrogens is 2. The minimum atomic E-state index is -3.37. The van der Waals surface area contributed by atoms with E-state index in [9.17, 15) is 8.42 Å². The number of nitrogens with two attached hydrogens (primary N) is 1. The molecule has 0 amide bonds. The van der Waals surface area contributed by atoms with Crippen molar-refractivity contribution in [2.24, 2.45) is 5.73 Å². The van der Waals surface area contributed by atoms with Gasteiger partial charge in [-0.05, 0) is 12.8 Å². The van der Waals surface area contributed by atoms with E-state index < -0.39 is 10.0 Å². The van der Waals surface area contributed by atoms with Crippen LogP contribution in [0.5, 0.6) is 5.75 Å². The minimum absolute atomic E-state index is 0.312. The van der Waals surface area contributed by atoms with Crippen LogP contribution in [0.3, 0.4) is 0 Å². The number of nitrogens with zero attached hydrogens (tertiary/aromatic N) is 2. The Bertz CT molecular complexity index is 477. The second kappa shape index (κ2) is 5.71. The van der Waals surface area contributed by atoms with Crippen LogP contribution in [0.25, 0.3) is 0 Å². The first kappa shape index (κ1) is 13.4. The maximum absolute atomic E-state index is 12.3. The Morgan fingerprint density at radius 2 is 2.11 bits per heavy atom. The van der Waals surface area contributed by atoms with Gasteiger partial charge in [-0.3, -0.25) is 0 Å². The Balaban J connectivity index is 2.11. The van der Waals surface area contributed by atoms with E-state index >= 15 is 0 Å². The van der Waals surface area contributed by atoms with E-state index in [-0.39, 0.29) is 5.25 Å². The van der Waals surface area contributed by atoms with E-state index in [4.69, 9.17) is 10.5 Å². The highest BCUT2D eigenvalue weighted by atomic mass is 32.2. The van der Waals surface area contributed by atoms with Crippen molar-refractivity contribution in [1.29, 1.82) is 0 Å². The fourth-order valence-electron chi connectivity index (χ4n) is 2.20. The van der Waals surface area contributed by atoms with E-state index in [0.717, 1.165) is 36.2 Å². The highest BCUT2D eigenvalue weighted by molar-refractivity contribution is 7.90. The molecule has 1 aliphatic carbocycles. The molecule has 0 unspecified atom stereocenters. The topological polar surface area (TPSA) is 87.2 Å². The number of rotatable bonds is 5. The first-order valence-corrected chi connectivity index (χ1v) is 7.77. The van der Waals surface area contributed by atoms with Gasteiger partial charge in [0.15, 0.2) is 5.75 Å². The lowest BCUT2D eigenvalue weighted by molar-refractivity contribution is 0.328. The molecule has 0 aliphatic heterocycles. The molecule has 0 saturated heterocycles. The molecule has 2 N–H and O–H groups in total. The average molecular weight is 273 g/mol. The fourth-order valence-corrected chi connectivity index (χ4v) is 3.86. The Kier molecular flexibility index (Phi) is 4.23. The average Bonchev–Trinajstić information content (AvgIpc) is 2.87. The largest absolute Gasteiger partial charge is 0.489 e. The molecule has 102 valence electrons. The molecule has 0 radical (unpaired) electrons. The lowest BCUT2D eigenvalue weighted by atomic mass is 10.0. The Labute approximate surface area is 107 Å². The molecule has 7 heteroatoms. The molecule has 1 saturated carbocycles. The summed E-state index contributed by atoms with van der Waals surface area (Å²) < 4.78 is 30.9. The van der Waals surface area contributed by atoms with Gasteiger partial charge in [0.05, 0.1) is 17.6 Å². The summed E-state index contributed by atoms with van der Waals surface area (Å²) in [6.07, 6.45) is 7.34. The monoisotopic (exact) mass is 273 g/mol. The standard InChI is InChI=1S/C11H19N3O3S/c12-6-7-17-10-8-13-14(9-10)18(15,16)11-4-2-1-3-5-11/h8-9,11H,1-7,12H2. The Morgan fingerprint density at radius 1 is 1.39 bits per heavy atom. The van der Waals surface area contributed by atoms with E-state index in [0.29, 0.717) is 18.9 Å². The van der Waals surface area contributed by atoms with Crippen LogP contribution in [0.4, 0.5) is 0 Å². The van der Waals surface area contributed by atoms with Crippen LogP contribution >= 0.6 is 0 Å². The van der Waals surface area contributed by atoms with Gasteiger partial charge in [0, 0.05) is 6.54 Å². The van der Waals surface area contributed by atoms with Crippen molar-refractivity contribution in [3.8, 4) is 5.75 Å². The summed E-state index contributed by atoms with van der Waals surface area (Å²) in [4.78, 5) is 0. The molecule has 0 atom stereocenters. The Morgan fingerprint density at radius 3 is 2.78 bits per heavy atom. The van der Waals surface area contributed by atoms with Gasteiger partial charge in [-0.2, -0.15) is 9.19 Å². The summed E-state index contributed by atoms with van der Waals surface area (Å²) in [5, 5.41) is 3.57. The van der Waals surface area contributed by atoms with E-state index in [1.807, 2.05) is 0 Å². The van der Waals surface area contributed by atoms with Gasteiger partial charge in [-0.15, -0.1) is 0 Å². The Hall–Kier alpha value is -1.08. The summed E-state index contributed by atoms with van der Waals surface area (Å²) in [7, 11) is -3.37. The van der Waals surface area contributed by atoms with Crippen LogP contribution < -0.4 is 10.5 Å². The molecule has 1 heterocycles. The molecule has 1 aromatic rings. The molecule has 6 nitrogen and oxygen atoms in total. The minimum Gasteiger partial charge on any atom is -0.489 e. The first-order valence-electron chi connectivity index (χ1n) is 6.26. The summed E-state index contributed by atoms with van der Waals surface area (Å²) in [5.41, 5.74) is 5.32. The molecule has 1 aromatic heterocycles. The predicted octanol–water partition coefficient (Wildman–Crippen LogP) is 0.731. The van der Waals surface area contributed by atoms with Crippen LogP contribution in [0.15, 0.2) is 12.4 Å². The highest BCUT2D eigenvalue weighted by Crippen LogP contribution is 2.25. The van der Waals surface area contributed by atoms with Crippen LogP contribution in [0.1, 0.15) is 32.1 Å².